The van der Waals surface area contributed by atoms with Gasteiger partial charge in [0.25, 0.3) is 0 Å². The van der Waals surface area contributed by atoms with Crippen molar-refractivity contribution < 1.29 is 36.6 Å². The van der Waals surface area contributed by atoms with Gasteiger partial charge in [-0.3, -0.25) is 0 Å². The summed E-state index contributed by atoms with van der Waals surface area (Å²) in [6.07, 6.45) is -2.11. The second-order valence-corrected chi connectivity index (χ2v) is 9.18. The molecule has 0 unspecified atom stereocenters. The number of aliphatic imine (C=N–C) groups is 1. The van der Waals surface area contributed by atoms with Gasteiger partial charge in [0.15, 0.2) is 0 Å². The lowest BCUT2D eigenvalue weighted by molar-refractivity contribution is -0.137. The number of para-hydroxylation sites is 1. The SMILES string of the molecule is COC(=O)/C=C/c1cccc(F)c1/N=C(\Nc1cc(C(F)(F)F)ccc1OC)N1CCN(c2cccc(OC)c2)CC1. The molecule has 3 aromatic rings. The first-order chi connectivity index (χ1) is 20.1. The summed E-state index contributed by atoms with van der Waals surface area (Å²) >= 11 is 0. The van der Waals surface area contributed by atoms with Crippen molar-refractivity contribution >= 4 is 35.1 Å². The zero-order chi connectivity index (χ0) is 30.3. The number of carbonyl (C=O) groups excluding carboxylic acids is 1. The summed E-state index contributed by atoms with van der Waals surface area (Å²) in [6.45, 7) is 1.90. The van der Waals surface area contributed by atoms with Gasteiger partial charge in [-0.05, 0) is 42.5 Å². The summed E-state index contributed by atoms with van der Waals surface area (Å²) in [5.41, 5.74) is 0.223. The summed E-state index contributed by atoms with van der Waals surface area (Å²) in [5, 5.41) is 2.96. The Morgan fingerprint density at radius 3 is 2.36 bits per heavy atom. The zero-order valence-electron chi connectivity index (χ0n) is 23.2. The van der Waals surface area contributed by atoms with Crippen LogP contribution in [0, 0.1) is 5.82 Å². The fraction of sp³-hybridized carbons (Fsp3) is 0.267. The molecule has 3 aromatic carbocycles. The molecule has 0 radical (unpaired) electrons. The second kappa shape index (κ2) is 13.3. The minimum Gasteiger partial charge on any atom is -0.497 e. The van der Waals surface area contributed by atoms with Gasteiger partial charge in [-0.1, -0.05) is 18.2 Å². The number of guanidine groups is 1. The van der Waals surface area contributed by atoms with Gasteiger partial charge in [-0.15, -0.1) is 0 Å². The van der Waals surface area contributed by atoms with E-state index < -0.39 is 23.5 Å². The molecule has 0 saturated carbocycles. The Morgan fingerprint density at radius 2 is 1.69 bits per heavy atom. The van der Waals surface area contributed by atoms with Crippen LogP contribution in [0.2, 0.25) is 0 Å². The van der Waals surface area contributed by atoms with Gasteiger partial charge in [0.05, 0.1) is 32.6 Å². The molecular formula is C30H30F4N4O4. The highest BCUT2D eigenvalue weighted by atomic mass is 19.4. The van der Waals surface area contributed by atoms with Crippen molar-refractivity contribution in [3.05, 3.63) is 83.7 Å². The molecule has 222 valence electrons. The monoisotopic (exact) mass is 586 g/mol. The van der Waals surface area contributed by atoms with Crippen molar-refractivity contribution in [1.82, 2.24) is 4.90 Å². The molecule has 1 saturated heterocycles. The van der Waals surface area contributed by atoms with Crippen LogP contribution in [0.5, 0.6) is 11.5 Å². The summed E-state index contributed by atoms with van der Waals surface area (Å²) < 4.78 is 71.1. The third-order valence-corrected chi connectivity index (χ3v) is 6.61. The number of rotatable bonds is 7. The van der Waals surface area contributed by atoms with E-state index in [0.29, 0.717) is 31.9 Å². The number of alkyl halides is 3. The highest BCUT2D eigenvalue weighted by Crippen LogP contribution is 2.35. The summed E-state index contributed by atoms with van der Waals surface area (Å²) in [5.74, 6) is -0.370. The van der Waals surface area contributed by atoms with Crippen LogP contribution in [0.15, 0.2) is 71.7 Å². The van der Waals surface area contributed by atoms with Crippen LogP contribution in [0.3, 0.4) is 0 Å². The van der Waals surface area contributed by atoms with E-state index in [1.165, 1.54) is 38.5 Å². The first kappa shape index (κ1) is 30.2. The predicted molar refractivity (Wildman–Crippen MR) is 153 cm³/mol. The Labute approximate surface area is 240 Å². The Balaban J connectivity index is 1.73. The Bertz CT molecular complexity index is 1470. The number of methoxy groups -OCH3 is 3. The number of hydrogen-bond acceptors (Lipinski definition) is 6. The number of benzene rings is 3. The van der Waals surface area contributed by atoms with Crippen molar-refractivity contribution in [2.45, 2.75) is 6.18 Å². The summed E-state index contributed by atoms with van der Waals surface area (Å²) in [7, 11) is 4.14. The molecule has 0 bridgehead atoms. The number of carbonyl (C=O) groups is 1. The quantitative estimate of drug-likeness (QED) is 0.120. The lowest BCUT2D eigenvalue weighted by Gasteiger charge is -2.38. The van der Waals surface area contributed by atoms with E-state index in [1.807, 2.05) is 29.2 Å². The van der Waals surface area contributed by atoms with Gasteiger partial charge in [0.2, 0.25) is 5.96 Å². The van der Waals surface area contributed by atoms with Crippen molar-refractivity contribution in [2.24, 2.45) is 4.99 Å². The molecule has 1 aliphatic rings. The van der Waals surface area contributed by atoms with E-state index in [9.17, 15) is 18.0 Å². The van der Waals surface area contributed by atoms with E-state index in [1.54, 1.807) is 13.2 Å². The van der Waals surface area contributed by atoms with E-state index in [2.05, 4.69) is 19.9 Å². The molecule has 8 nitrogen and oxygen atoms in total. The average molecular weight is 587 g/mol. The molecule has 12 heteroatoms. The first-order valence-corrected chi connectivity index (χ1v) is 12.9. The Kier molecular flexibility index (Phi) is 9.56. The van der Waals surface area contributed by atoms with Crippen molar-refractivity contribution in [3.8, 4) is 11.5 Å². The van der Waals surface area contributed by atoms with E-state index in [-0.39, 0.29) is 28.6 Å². The number of esters is 1. The second-order valence-electron chi connectivity index (χ2n) is 9.18. The fourth-order valence-electron chi connectivity index (χ4n) is 4.38. The van der Waals surface area contributed by atoms with Gasteiger partial charge >= 0.3 is 12.1 Å². The minimum atomic E-state index is -4.60. The van der Waals surface area contributed by atoms with E-state index in [4.69, 9.17) is 9.47 Å². The number of anilines is 2. The molecular weight excluding hydrogens is 556 g/mol. The van der Waals surface area contributed by atoms with Crippen molar-refractivity contribution in [1.29, 1.82) is 0 Å². The van der Waals surface area contributed by atoms with E-state index in [0.717, 1.165) is 23.9 Å². The van der Waals surface area contributed by atoms with Crippen LogP contribution in [0.1, 0.15) is 11.1 Å². The smallest absolute Gasteiger partial charge is 0.416 e. The third-order valence-electron chi connectivity index (χ3n) is 6.61. The zero-order valence-corrected chi connectivity index (χ0v) is 23.2. The highest BCUT2D eigenvalue weighted by Gasteiger charge is 2.32. The molecule has 0 spiro atoms. The molecule has 0 amide bonds. The molecule has 0 atom stereocenters. The van der Waals surface area contributed by atoms with Gasteiger partial charge in [0.1, 0.15) is 23.0 Å². The molecule has 1 fully saturated rings. The van der Waals surface area contributed by atoms with Crippen LogP contribution < -0.4 is 19.7 Å². The van der Waals surface area contributed by atoms with E-state index >= 15 is 4.39 Å². The lowest BCUT2D eigenvalue weighted by Crippen LogP contribution is -2.50. The van der Waals surface area contributed by atoms with Gasteiger partial charge in [-0.2, -0.15) is 13.2 Å². The normalized spacial score (nSPS) is 14.2. The number of ether oxygens (including phenoxy) is 3. The number of hydrogen-bond donors (Lipinski definition) is 1. The number of piperazine rings is 1. The van der Waals surface area contributed by atoms with Crippen molar-refractivity contribution in [2.75, 3.05) is 57.7 Å². The number of halogens is 4. The molecule has 4 rings (SSSR count). The maximum Gasteiger partial charge on any atom is 0.416 e. The Morgan fingerprint density at radius 1 is 0.952 bits per heavy atom. The molecule has 1 aliphatic heterocycles. The average Bonchev–Trinajstić information content (AvgIpc) is 3.00. The van der Waals surface area contributed by atoms with Crippen LogP contribution in [-0.4, -0.2) is 64.3 Å². The molecule has 0 aliphatic carbocycles. The maximum atomic E-state index is 15.1. The molecule has 42 heavy (non-hydrogen) atoms. The minimum absolute atomic E-state index is 0.00397. The van der Waals surface area contributed by atoms with Gasteiger partial charge < -0.3 is 29.3 Å². The maximum absolute atomic E-state index is 15.1. The highest BCUT2D eigenvalue weighted by molar-refractivity contribution is 5.98. The summed E-state index contributed by atoms with van der Waals surface area (Å²) in [4.78, 5) is 20.2. The standard InChI is InChI=1S/C30H30F4N4O4/c1-40-23-8-5-7-22(19-23)37-14-16-38(17-15-37)29(35-25-18-21(30(32,33)34)11-12-26(25)41-2)36-28-20(6-4-9-24(28)31)10-13-27(39)42-3/h4-13,18-19H,14-17H2,1-3H3,(H,35,36)/b13-10+. The topological polar surface area (TPSA) is 75.6 Å². The van der Waals surface area contributed by atoms with Crippen LogP contribution >= 0.6 is 0 Å². The Hall–Kier alpha value is -4.74. The van der Waals surface area contributed by atoms with Gasteiger partial charge in [0, 0.05) is 49.6 Å². The third kappa shape index (κ3) is 7.31. The molecule has 1 N–H and O–H groups in total. The predicted octanol–water partition coefficient (Wildman–Crippen LogP) is 5.97. The van der Waals surface area contributed by atoms with Gasteiger partial charge in [-0.25, -0.2) is 14.2 Å². The molecule has 1 heterocycles. The van der Waals surface area contributed by atoms with Crippen molar-refractivity contribution in [3.63, 3.8) is 0 Å². The fourth-order valence-corrected chi connectivity index (χ4v) is 4.38. The van der Waals surface area contributed by atoms with Crippen LogP contribution in [0.4, 0.5) is 34.6 Å². The number of nitrogens with zero attached hydrogens (tertiary/aromatic N) is 3. The molecule has 0 aromatic heterocycles. The van der Waals surface area contributed by atoms with Crippen LogP contribution in [-0.2, 0) is 15.7 Å². The first-order valence-electron chi connectivity index (χ1n) is 12.9. The largest absolute Gasteiger partial charge is 0.497 e. The summed E-state index contributed by atoms with van der Waals surface area (Å²) in [6, 6.07) is 14.9. The number of nitrogens with one attached hydrogen (secondary N) is 1. The lowest BCUT2D eigenvalue weighted by atomic mass is 10.1. The van der Waals surface area contributed by atoms with Crippen LogP contribution in [0.25, 0.3) is 6.08 Å².